The van der Waals surface area contributed by atoms with Gasteiger partial charge < -0.3 is 10.6 Å². The summed E-state index contributed by atoms with van der Waals surface area (Å²) in [5.74, 6) is 0. The van der Waals surface area contributed by atoms with Crippen molar-refractivity contribution in [2.75, 3.05) is 26.7 Å². The van der Waals surface area contributed by atoms with Gasteiger partial charge in [0.2, 0.25) is 0 Å². The predicted molar refractivity (Wildman–Crippen MR) is 84.3 cm³/mol. The third-order valence-corrected chi connectivity index (χ3v) is 4.04. The van der Waals surface area contributed by atoms with Crippen molar-refractivity contribution in [1.29, 1.82) is 0 Å². The van der Waals surface area contributed by atoms with Gasteiger partial charge in [0.25, 0.3) is 0 Å². The van der Waals surface area contributed by atoms with E-state index in [1.54, 1.807) is 0 Å². The molecule has 0 saturated carbocycles. The lowest BCUT2D eigenvalue weighted by atomic mass is 10.1. The molecular weight excluding hydrogens is 254 g/mol. The molecule has 3 nitrogen and oxygen atoms in total. The quantitative estimate of drug-likeness (QED) is 0.855. The van der Waals surface area contributed by atoms with Gasteiger partial charge in [-0.05, 0) is 32.5 Å². The maximum atomic E-state index is 5.62. The predicted octanol–water partition coefficient (Wildman–Crippen LogP) is 1.85. The van der Waals surface area contributed by atoms with Crippen LogP contribution in [-0.4, -0.2) is 47.5 Å². The highest BCUT2D eigenvalue weighted by molar-refractivity contribution is 7.80. The van der Waals surface area contributed by atoms with E-state index in [1.807, 2.05) is 12.1 Å². The molecule has 2 rings (SSSR count). The summed E-state index contributed by atoms with van der Waals surface area (Å²) in [5.41, 5.74) is 7.90. The van der Waals surface area contributed by atoms with Crippen LogP contribution in [0.1, 0.15) is 24.5 Å². The minimum absolute atomic E-state index is 0.469. The highest BCUT2D eigenvalue weighted by Gasteiger charge is 2.19. The van der Waals surface area contributed by atoms with E-state index in [2.05, 4.69) is 35.9 Å². The second kappa shape index (κ2) is 6.46. The smallest absolute Gasteiger partial charge is 0.103 e. The van der Waals surface area contributed by atoms with E-state index in [4.69, 9.17) is 18.0 Å². The van der Waals surface area contributed by atoms with Gasteiger partial charge in [0, 0.05) is 31.2 Å². The number of nitrogens with two attached hydrogens (primary N) is 1. The number of hydrogen-bond donors (Lipinski definition) is 1. The Morgan fingerprint density at radius 2 is 2.00 bits per heavy atom. The number of nitrogens with zero attached hydrogens (tertiary/aromatic N) is 2. The molecule has 1 saturated heterocycles. The zero-order chi connectivity index (χ0) is 13.8. The van der Waals surface area contributed by atoms with E-state index in [9.17, 15) is 0 Å². The normalized spacial score (nSPS) is 22.1. The SMILES string of the molecule is CC1CN(C)CCCN1Cc1ccc(C(N)=S)cc1. The highest BCUT2D eigenvalue weighted by Crippen LogP contribution is 2.14. The molecule has 1 aromatic rings. The van der Waals surface area contributed by atoms with Crippen molar-refractivity contribution in [2.45, 2.75) is 25.9 Å². The molecule has 0 spiro atoms. The maximum absolute atomic E-state index is 5.62. The van der Waals surface area contributed by atoms with Gasteiger partial charge in [0.05, 0.1) is 0 Å². The van der Waals surface area contributed by atoms with Crippen LogP contribution >= 0.6 is 12.2 Å². The molecule has 1 aliphatic rings. The molecule has 104 valence electrons. The van der Waals surface area contributed by atoms with E-state index in [-0.39, 0.29) is 0 Å². The van der Waals surface area contributed by atoms with Crippen LogP contribution in [-0.2, 0) is 6.54 Å². The zero-order valence-electron chi connectivity index (χ0n) is 11.8. The summed E-state index contributed by atoms with van der Waals surface area (Å²) >= 11 is 4.98. The average Bonchev–Trinajstić information content (AvgIpc) is 2.52. The highest BCUT2D eigenvalue weighted by atomic mass is 32.1. The number of benzene rings is 1. The largest absolute Gasteiger partial charge is 0.389 e. The molecule has 0 aromatic heterocycles. The summed E-state index contributed by atoms with van der Waals surface area (Å²) in [5, 5.41) is 0. The van der Waals surface area contributed by atoms with Gasteiger partial charge in [-0.1, -0.05) is 36.5 Å². The first-order chi connectivity index (χ1) is 9.06. The third kappa shape index (κ3) is 4.00. The number of likely N-dealkylation sites (N-methyl/N-ethyl adjacent to an activating group) is 1. The number of thiocarbonyl (C=S) groups is 1. The summed E-state index contributed by atoms with van der Waals surface area (Å²) in [6.07, 6.45) is 1.24. The first-order valence-electron chi connectivity index (χ1n) is 6.87. The molecule has 4 heteroatoms. The second-order valence-electron chi connectivity index (χ2n) is 5.50. The van der Waals surface area contributed by atoms with Crippen LogP contribution in [0.15, 0.2) is 24.3 Å². The first kappa shape index (κ1) is 14.4. The Morgan fingerprint density at radius 3 is 2.63 bits per heavy atom. The lowest BCUT2D eigenvalue weighted by molar-refractivity contribution is 0.194. The molecular formula is C15H23N3S. The molecule has 1 aliphatic heterocycles. The minimum atomic E-state index is 0.469. The molecule has 0 bridgehead atoms. The summed E-state index contributed by atoms with van der Waals surface area (Å²) in [6.45, 7) is 6.83. The number of hydrogen-bond acceptors (Lipinski definition) is 3. The van der Waals surface area contributed by atoms with E-state index < -0.39 is 0 Å². The van der Waals surface area contributed by atoms with E-state index in [0.717, 1.165) is 18.7 Å². The van der Waals surface area contributed by atoms with Crippen LogP contribution in [0.5, 0.6) is 0 Å². The lowest BCUT2D eigenvalue weighted by Crippen LogP contribution is -2.37. The van der Waals surface area contributed by atoms with Gasteiger partial charge in [-0.2, -0.15) is 0 Å². The van der Waals surface area contributed by atoms with Crippen LogP contribution < -0.4 is 5.73 Å². The molecule has 0 aliphatic carbocycles. The van der Waals surface area contributed by atoms with Gasteiger partial charge in [0.1, 0.15) is 4.99 Å². The standard InChI is InChI=1S/C15H23N3S/c1-12-10-17(2)8-3-9-18(12)11-13-4-6-14(7-5-13)15(16)19/h4-7,12H,3,8-11H2,1-2H3,(H2,16,19). The summed E-state index contributed by atoms with van der Waals surface area (Å²) in [4.78, 5) is 5.44. The second-order valence-corrected chi connectivity index (χ2v) is 5.94. The van der Waals surface area contributed by atoms with Crippen LogP contribution in [0, 0.1) is 0 Å². The fourth-order valence-corrected chi connectivity index (χ4v) is 2.80. The van der Waals surface area contributed by atoms with E-state index in [0.29, 0.717) is 11.0 Å². The van der Waals surface area contributed by atoms with Gasteiger partial charge in [-0.3, -0.25) is 4.90 Å². The average molecular weight is 277 g/mol. The fraction of sp³-hybridized carbons (Fsp3) is 0.533. The Bertz CT molecular complexity index is 430. The topological polar surface area (TPSA) is 32.5 Å². The molecule has 1 fully saturated rings. The molecule has 1 aromatic carbocycles. The van der Waals surface area contributed by atoms with Crippen molar-refractivity contribution < 1.29 is 0 Å². The van der Waals surface area contributed by atoms with Crippen LogP contribution in [0.3, 0.4) is 0 Å². The Morgan fingerprint density at radius 1 is 1.32 bits per heavy atom. The fourth-order valence-electron chi connectivity index (χ4n) is 2.67. The van der Waals surface area contributed by atoms with Crippen molar-refractivity contribution in [1.82, 2.24) is 9.80 Å². The lowest BCUT2D eigenvalue weighted by Gasteiger charge is -2.27. The maximum Gasteiger partial charge on any atom is 0.103 e. The zero-order valence-corrected chi connectivity index (χ0v) is 12.6. The van der Waals surface area contributed by atoms with Gasteiger partial charge >= 0.3 is 0 Å². The molecule has 2 N–H and O–H groups in total. The Labute approximate surface area is 121 Å². The summed E-state index contributed by atoms with van der Waals surface area (Å²) in [6, 6.07) is 8.91. The van der Waals surface area contributed by atoms with Gasteiger partial charge in [-0.15, -0.1) is 0 Å². The Hall–Kier alpha value is -0.970. The van der Waals surface area contributed by atoms with Crippen molar-refractivity contribution in [2.24, 2.45) is 5.73 Å². The molecule has 19 heavy (non-hydrogen) atoms. The molecule has 1 unspecified atom stereocenters. The molecule has 0 radical (unpaired) electrons. The third-order valence-electron chi connectivity index (χ3n) is 3.81. The Kier molecular flexibility index (Phi) is 4.91. The summed E-state index contributed by atoms with van der Waals surface area (Å²) in [7, 11) is 2.21. The molecule has 1 atom stereocenters. The monoisotopic (exact) mass is 277 g/mol. The van der Waals surface area contributed by atoms with Crippen molar-refractivity contribution in [3.63, 3.8) is 0 Å². The van der Waals surface area contributed by atoms with Crippen molar-refractivity contribution >= 4 is 17.2 Å². The van der Waals surface area contributed by atoms with Crippen LogP contribution in [0.4, 0.5) is 0 Å². The van der Waals surface area contributed by atoms with Crippen molar-refractivity contribution in [3.05, 3.63) is 35.4 Å². The first-order valence-corrected chi connectivity index (χ1v) is 7.28. The van der Waals surface area contributed by atoms with Crippen molar-refractivity contribution in [3.8, 4) is 0 Å². The van der Waals surface area contributed by atoms with E-state index in [1.165, 1.54) is 25.1 Å². The van der Waals surface area contributed by atoms with E-state index >= 15 is 0 Å². The van der Waals surface area contributed by atoms with Crippen LogP contribution in [0.2, 0.25) is 0 Å². The van der Waals surface area contributed by atoms with Gasteiger partial charge in [-0.25, -0.2) is 0 Å². The number of rotatable bonds is 3. The Balaban J connectivity index is 2.01. The molecule has 1 heterocycles. The summed E-state index contributed by atoms with van der Waals surface area (Å²) < 4.78 is 0. The minimum Gasteiger partial charge on any atom is -0.389 e. The van der Waals surface area contributed by atoms with Gasteiger partial charge in [0.15, 0.2) is 0 Å². The van der Waals surface area contributed by atoms with Crippen LogP contribution in [0.25, 0.3) is 0 Å². The molecule has 0 amide bonds.